The van der Waals surface area contributed by atoms with Gasteiger partial charge in [-0.05, 0) is 32.7 Å². The fourth-order valence-corrected chi connectivity index (χ4v) is 4.16. The van der Waals surface area contributed by atoms with Crippen LogP contribution in [0.25, 0.3) is 0 Å². The molecule has 3 rings (SSSR count). The average molecular weight is 267 g/mol. The summed E-state index contributed by atoms with van der Waals surface area (Å²) in [5.41, 5.74) is 0. The maximum atomic E-state index is 10.9. The molecule has 0 spiro atoms. The highest BCUT2D eigenvalue weighted by Gasteiger charge is 2.38. The zero-order valence-corrected chi connectivity index (χ0v) is 11.8. The molecule has 3 fully saturated rings. The molecule has 2 unspecified atom stereocenters. The second-order valence-corrected chi connectivity index (χ2v) is 6.33. The molecule has 0 aromatic heterocycles. The third kappa shape index (κ3) is 2.58. The van der Waals surface area contributed by atoms with Gasteiger partial charge in [0.15, 0.2) is 0 Å². The quantitative estimate of drug-likeness (QED) is 0.778. The van der Waals surface area contributed by atoms with Crippen molar-refractivity contribution in [2.45, 2.75) is 50.2 Å². The zero-order chi connectivity index (χ0) is 13.4. The fourth-order valence-electron chi connectivity index (χ4n) is 4.16. The summed E-state index contributed by atoms with van der Waals surface area (Å²) in [6.45, 7) is 3.19. The Balaban J connectivity index is 1.58. The molecule has 3 saturated heterocycles. The first kappa shape index (κ1) is 13.2. The number of piperazine rings is 1. The topological polar surface area (TPSA) is 47.0 Å². The molecule has 5 nitrogen and oxygen atoms in total. The first-order chi connectivity index (χ1) is 9.15. The summed E-state index contributed by atoms with van der Waals surface area (Å²) >= 11 is 0. The predicted octanol–water partition coefficient (Wildman–Crippen LogP) is 1.30. The maximum Gasteiger partial charge on any atom is 0.407 e. The van der Waals surface area contributed by atoms with Crippen LogP contribution in [0.3, 0.4) is 0 Å². The second-order valence-electron chi connectivity index (χ2n) is 6.33. The van der Waals surface area contributed by atoms with Crippen LogP contribution in [0.15, 0.2) is 0 Å². The Hall–Kier alpha value is -0.810. The third-order valence-corrected chi connectivity index (χ3v) is 5.42. The zero-order valence-electron chi connectivity index (χ0n) is 11.8. The summed E-state index contributed by atoms with van der Waals surface area (Å²) in [4.78, 5) is 17.6. The van der Waals surface area contributed by atoms with Crippen molar-refractivity contribution in [2.75, 3.05) is 33.2 Å². The van der Waals surface area contributed by atoms with Crippen molar-refractivity contribution in [1.29, 1.82) is 0 Å². The number of fused-ring (bicyclic) bond motifs is 2. The van der Waals surface area contributed by atoms with Gasteiger partial charge in [-0.15, -0.1) is 0 Å². The predicted molar refractivity (Wildman–Crippen MR) is 73.4 cm³/mol. The number of nitrogens with zero attached hydrogens (tertiary/aromatic N) is 3. The van der Waals surface area contributed by atoms with E-state index in [4.69, 9.17) is 5.11 Å². The molecule has 2 bridgehead atoms. The Kier molecular flexibility index (Phi) is 3.67. The van der Waals surface area contributed by atoms with Crippen LogP contribution in [0.4, 0.5) is 4.79 Å². The van der Waals surface area contributed by atoms with Crippen LogP contribution in [0.5, 0.6) is 0 Å². The van der Waals surface area contributed by atoms with Crippen LogP contribution < -0.4 is 0 Å². The van der Waals surface area contributed by atoms with Crippen LogP contribution >= 0.6 is 0 Å². The molecule has 1 amide bonds. The standard InChI is InChI=1S/C14H25N3O2/c1-15-11-3-2-4-12(15)10-13(9-11)16-5-7-17(8-6-16)14(18)19/h11-13H,2-10H2,1H3,(H,18,19). The van der Waals surface area contributed by atoms with Crippen LogP contribution in [-0.2, 0) is 0 Å². The molecule has 3 aliphatic heterocycles. The van der Waals surface area contributed by atoms with Crippen molar-refractivity contribution in [3.63, 3.8) is 0 Å². The molecule has 108 valence electrons. The lowest BCUT2D eigenvalue weighted by Crippen LogP contribution is -2.58. The number of hydrogen-bond acceptors (Lipinski definition) is 3. The van der Waals surface area contributed by atoms with E-state index in [9.17, 15) is 4.79 Å². The minimum atomic E-state index is -0.764. The van der Waals surface area contributed by atoms with Gasteiger partial charge in [0.05, 0.1) is 0 Å². The third-order valence-electron chi connectivity index (χ3n) is 5.42. The molecule has 0 aromatic carbocycles. The number of carboxylic acid groups (broad SMARTS) is 1. The highest BCUT2D eigenvalue weighted by Crippen LogP contribution is 2.34. The molecule has 3 heterocycles. The van der Waals surface area contributed by atoms with Gasteiger partial charge in [0, 0.05) is 44.3 Å². The summed E-state index contributed by atoms with van der Waals surface area (Å²) in [7, 11) is 2.28. The highest BCUT2D eigenvalue weighted by molar-refractivity contribution is 5.65. The van der Waals surface area contributed by atoms with Gasteiger partial charge >= 0.3 is 6.09 Å². The normalized spacial score (nSPS) is 37.3. The monoisotopic (exact) mass is 267 g/mol. The van der Waals surface area contributed by atoms with Gasteiger partial charge in [-0.2, -0.15) is 0 Å². The molecule has 0 saturated carbocycles. The molecular formula is C14H25N3O2. The van der Waals surface area contributed by atoms with Gasteiger partial charge in [-0.3, -0.25) is 4.90 Å². The van der Waals surface area contributed by atoms with Crippen molar-refractivity contribution in [2.24, 2.45) is 0 Å². The van der Waals surface area contributed by atoms with Crippen molar-refractivity contribution >= 4 is 6.09 Å². The first-order valence-electron chi connectivity index (χ1n) is 7.59. The van der Waals surface area contributed by atoms with E-state index in [1.807, 2.05) is 0 Å². The number of carbonyl (C=O) groups is 1. The Morgan fingerprint density at radius 2 is 1.58 bits per heavy atom. The minimum absolute atomic E-state index is 0.678. The highest BCUT2D eigenvalue weighted by atomic mass is 16.4. The lowest BCUT2D eigenvalue weighted by Gasteiger charge is -2.50. The van der Waals surface area contributed by atoms with E-state index in [2.05, 4.69) is 16.8 Å². The SMILES string of the molecule is CN1C2CCCC1CC(N1CCN(C(=O)O)CC1)C2. The van der Waals surface area contributed by atoms with Crippen molar-refractivity contribution in [3.8, 4) is 0 Å². The Morgan fingerprint density at radius 3 is 2.11 bits per heavy atom. The fraction of sp³-hybridized carbons (Fsp3) is 0.929. The summed E-state index contributed by atoms with van der Waals surface area (Å²) in [5.74, 6) is 0. The van der Waals surface area contributed by atoms with Gasteiger partial charge < -0.3 is 14.9 Å². The molecule has 0 aromatic rings. The van der Waals surface area contributed by atoms with Gasteiger partial charge in [0.2, 0.25) is 0 Å². The van der Waals surface area contributed by atoms with Crippen molar-refractivity contribution in [3.05, 3.63) is 0 Å². The number of hydrogen-bond donors (Lipinski definition) is 1. The van der Waals surface area contributed by atoms with Gasteiger partial charge in [-0.1, -0.05) is 6.42 Å². The van der Waals surface area contributed by atoms with Crippen LogP contribution in [0.2, 0.25) is 0 Å². The Morgan fingerprint density at radius 1 is 1.00 bits per heavy atom. The van der Waals surface area contributed by atoms with E-state index >= 15 is 0 Å². The Bertz CT molecular complexity index is 328. The lowest BCUT2D eigenvalue weighted by molar-refractivity contribution is -0.00504. The molecular weight excluding hydrogens is 242 g/mol. The number of amides is 1. The van der Waals surface area contributed by atoms with Gasteiger partial charge in [0.1, 0.15) is 0 Å². The average Bonchev–Trinajstić information content (AvgIpc) is 2.38. The number of rotatable bonds is 1. The molecule has 3 aliphatic rings. The van der Waals surface area contributed by atoms with Gasteiger partial charge in [0.25, 0.3) is 0 Å². The molecule has 1 N–H and O–H groups in total. The van der Waals surface area contributed by atoms with E-state index in [0.717, 1.165) is 25.2 Å². The summed E-state index contributed by atoms with van der Waals surface area (Å²) in [5, 5.41) is 9.00. The van der Waals surface area contributed by atoms with E-state index < -0.39 is 6.09 Å². The molecule has 0 aliphatic carbocycles. The Labute approximate surface area is 115 Å². The molecule has 19 heavy (non-hydrogen) atoms. The van der Waals surface area contributed by atoms with Gasteiger partial charge in [-0.25, -0.2) is 4.79 Å². The lowest BCUT2D eigenvalue weighted by atomic mass is 9.81. The summed E-state index contributed by atoms with van der Waals surface area (Å²) in [6.07, 6.45) is 5.87. The van der Waals surface area contributed by atoms with Crippen LogP contribution in [0, 0.1) is 0 Å². The number of piperidine rings is 2. The van der Waals surface area contributed by atoms with E-state index in [0.29, 0.717) is 19.1 Å². The molecule has 0 radical (unpaired) electrons. The van der Waals surface area contributed by atoms with Crippen molar-refractivity contribution < 1.29 is 9.90 Å². The van der Waals surface area contributed by atoms with Crippen LogP contribution in [0.1, 0.15) is 32.1 Å². The second kappa shape index (κ2) is 5.29. The van der Waals surface area contributed by atoms with E-state index in [1.165, 1.54) is 32.1 Å². The maximum absolute atomic E-state index is 10.9. The smallest absolute Gasteiger partial charge is 0.407 e. The van der Waals surface area contributed by atoms with E-state index in [-0.39, 0.29) is 0 Å². The van der Waals surface area contributed by atoms with Crippen molar-refractivity contribution in [1.82, 2.24) is 14.7 Å². The summed E-state index contributed by atoms with van der Waals surface area (Å²) in [6, 6.07) is 2.20. The largest absolute Gasteiger partial charge is 0.465 e. The molecule has 2 atom stereocenters. The summed E-state index contributed by atoms with van der Waals surface area (Å²) < 4.78 is 0. The molecule has 5 heteroatoms. The first-order valence-corrected chi connectivity index (χ1v) is 7.59. The van der Waals surface area contributed by atoms with E-state index in [1.54, 1.807) is 4.90 Å². The van der Waals surface area contributed by atoms with Crippen LogP contribution in [-0.4, -0.2) is 77.3 Å². The minimum Gasteiger partial charge on any atom is -0.465 e.